The number of aliphatic hydroxyl groups is 1. The molecule has 1 aliphatic carbocycles. The molecule has 1 aromatic heterocycles. The largest absolute Gasteiger partial charge is 0.507 e. The molecule has 2 N–H and O–H groups in total. The Labute approximate surface area is 185 Å². The maximum absolute atomic E-state index is 13.3. The molecule has 31 heavy (non-hydrogen) atoms. The summed E-state index contributed by atoms with van der Waals surface area (Å²) < 4.78 is 0. The number of ketones is 1. The molecule has 0 spiro atoms. The summed E-state index contributed by atoms with van der Waals surface area (Å²) in [6.45, 7) is 0. The Morgan fingerprint density at radius 1 is 0.968 bits per heavy atom. The smallest absolute Gasteiger partial charge is 0.161 e. The molecule has 0 fully saturated rings. The van der Waals surface area contributed by atoms with Crippen LogP contribution in [0, 0.1) is 5.41 Å². The second-order valence-electron chi connectivity index (χ2n) is 7.73. The van der Waals surface area contributed by atoms with Crippen molar-refractivity contribution in [1.29, 1.82) is 5.41 Å². The Balaban J connectivity index is 1.82. The molecule has 0 bridgehead atoms. The van der Waals surface area contributed by atoms with E-state index in [4.69, 9.17) is 0 Å². The molecule has 2 aromatic carbocycles. The van der Waals surface area contributed by atoms with E-state index in [2.05, 4.69) is 0 Å². The molecule has 5 heteroatoms. The van der Waals surface area contributed by atoms with Gasteiger partial charge in [-0.15, -0.1) is 11.3 Å². The van der Waals surface area contributed by atoms with Gasteiger partial charge >= 0.3 is 0 Å². The third-order valence-electron chi connectivity index (χ3n) is 5.90. The number of rotatable bonds is 3. The standard InChI is InChI=1S/C26H22N2O2S/c27-26-24(25(30)17-9-3-1-4-10-17)23(21-15-8-16-31-21)22-19(13-7-14-20(22)29)28(26)18-11-5-2-6-12-18/h1-6,8-12,15-16,23,27,30H,7,13-14H2/b25-24+,27-26?/t23-/m1/s1. The molecule has 5 rings (SSSR count). The van der Waals surface area contributed by atoms with Gasteiger partial charge in [-0.2, -0.15) is 0 Å². The molecule has 0 radical (unpaired) electrons. The van der Waals surface area contributed by atoms with E-state index in [0.717, 1.165) is 29.1 Å². The Morgan fingerprint density at radius 3 is 2.35 bits per heavy atom. The Hall–Kier alpha value is -3.44. The highest BCUT2D eigenvalue weighted by atomic mass is 32.1. The van der Waals surface area contributed by atoms with E-state index in [1.165, 1.54) is 0 Å². The minimum atomic E-state index is -0.435. The molecule has 3 aromatic rings. The van der Waals surface area contributed by atoms with E-state index in [0.29, 0.717) is 23.1 Å². The Kier molecular flexibility index (Phi) is 5.04. The lowest BCUT2D eigenvalue weighted by Gasteiger charge is -2.41. The number of hydrogen-bond acceptors (Lipinski definition) is 4. The van der Waals surface area contributed by atoms with Crippen LogP contribution in [-0.2, 0) is 4.79 Å². The fourth-order valence-corrected chi connectivity index (χ4v) is 5.39. The number of allylic oxidation sites excluding steroid dienone is 2. The monoisotopic (exact) mass is 426 g/mol. The van der Waals surface area contributed by atoms with Crippen molar-refractivity contribution in [2.24, 2.45) is 0 Å². The van der Waals surface area contributed by atoms with E-state index >= 15 is 0 Å². The van der Waals surface area contributed by atoms with Crippen LogP contribution in [0.1, 0.15) is 35.6 Å². The van der Waals surface area contributed by atoms with Crippen molar-refractivity contribution in [3.05, 3.63) is 105 Å². The molecule has 1 atom stereocenters. The predicted molar refractivity (Wildman–Crippen MR) is 126 cm³/mol. The van der Waals surface area contributed by atoms with Crippen LogP contribution in [0.3, 0.4) is 0 Å². The number of carbonyl (C=O) groups excluding carboxylic acids is 1. The Bertz CT molecular complexity index is 1190. The van der Waals surface area contributed by atoms with Gasteiger partial charge < -0.3 is 5.11 Å². The first-order chi connectivity index (χ1) is 15.2. The first-order valence-electron chi connectivity index (χ1n) is 10.4. The number of amidine groups is 1. The van der Waals surface area contributed by atoms with Crippen molar-refractivity contribution >= 4 is 34.4 Å². The summed E-state index contributed by atoms with van der Waals surface area (Å²) in [6.07, 6.45) is 2.00. The highest BCUT2D eigenvalue weighted by Gasteiger charge is 2.43. The maximum atomic E-state index is 13.3. The van der Waals surface area contributed by atoms with Gasteiger partial charge in [0, 0.05) is 33.8 Å². The SMILES string of the molecule is N=C1/C(=C(/O)c2ccccc2)[C@H](c2cccs2)C2=C(CCCC2=O)N1c1ccccc1. The molecule has 154 valence electrons. The lowest BCUT2D eigenvalue weighted by atomic mass is 9.76. The summed E-state index contributed by atoms with van der Waals surface area (Å²) >= 11 is 1.56. The number of anilines is 1. The quantitative estimate of drug-likeness (QED) is 0.483. The molecule has 4 nitrogen and oxygen atoms in total. The van der Waals surface area contributed by atoms with Crippen molar-refractivity contribution < 1.29 is 9.90 Å². The average molecular weight is 427 g/mol. The fourth-order valence-electron chi connectivity index (χ4n) is 4.55. The normalized spacial score (nSPS) is 20.6. The van der Waals surface area contributed by atoms with Crippen molar-refractivity contribution in [2.45, 2.75) is 25.2 Å². The molecule has 0 saturated carbocycles. The van der Waals surface area contributed by atoms with E-state index in [9.17, 15) is 15.3 Å². The van der Waals surface area contributed by atoms with E-state index in [1.807, 2.05) is 83.1 Å². The number of Topliss-reactive ketones (excluding diaryl/α,β-unsaturated/α-hetero) is 1. The molecular weight excluding hydrogens is 404 g/mol. The number of nitrogens with one attached hydrogen (secondary N) is 1. The highest BCUT2D eigenvalue weighted by molar-refractivity contribution is 7.10. The molecule has 0 unspecified atom stereocenters. The van der Waals surface area contributed by atoms with Crippen molar-refractivity contribution in [1.82, 2.24) is 0 Å². The van der Waals surface area contributed by atoms with Crippen LogP contribution >= 0.6 is 11.3 Å². The van der Waals surface area contributed by atoms with Crippen LogP contribution in [0.4, 0.5) is 5.69 Å². The van der Waals surface area contributed by atoms with Crippen LogP contribution in [0.2, 0.25) is 0 Å². The molecule has 2 aliphatic rings. The number of hydrogen-bond donors (Lipinski definition) is 2. The highest BCUT2D eigenvalue weighted by Crippen LogP contribution is 2.48. The number of para-hydroxylation sites is 1. The minimum Gasteiger partial charge on any atom is -0.507 e. The Morgan fingerprint density at radius 2 is 1.68 bits per heavy atom. The number of nitrogens with zero attached hydrogens (tertiary/aromatic N) is 1. The number of thiophene rings is 1. The fraction of sp³-hybridized carbons (Fsp3) is 0.154. The van der Waals surface area contributed by atoms with Crippen LogP contribution in [0.15, 0.2) is 95.0 Å². The lowest BCUT2D eigenvalue weighted by Crippen LogP contribution is -2.42. The third kappa shape index (κ3) is 3.31. The van der Waals surface area contributed by atoms with Gasteiger partial charge in [0.25, 0.3) is 0 Å². The molecule has 0 amide bonds. The zero-order valence-corrected chi connectivity index (χ0v) is 17.7. The van der Waals surface area contributed by atoms with Gasteiger partial charge in [-0.1, -0.05) is 54.6 Å². The van der Waals surface area contributed by atoms with Gasteiger partial charge in [0.05, 0.1) is 11.5 Å². The topological polar surface area (TPSA) is 64.4 Å². The summed E-state index contributed by atoms with van der Waals surface area (Å²) in [5.41, 5.74) is 3.55. The van der Waals surface area contributed by atoms with E-state index in [-0.39, 0.29) is 17.4 Å². The molecule has 1 aliphatic heterocycles. The molecule has 0 saturated heterocycles. The van der Waals surface area contributed by atoms with Crippen molar-refractivity contribution in [3.8, 4) is 0 Å². The molecule has 2 heterocycles. The first kappa shape index (κ1) is 19.5. The van der Waals surface area contributed by atoms with Gasteiger partial charge in [-0.05, 0) is 36.4 Å². The third-order valence-corrected chi connectivity index (χ3v) is 6.84. The first-order valence-corrected chi connectivity index (χ1v) is 11.3. The summed E-state index contributed by atoms with van der Waals surface area (Å²) in [4.78, 5) is 16.1. The zero-order chi connectivity index (χ0) is 21.4. The second-order valence-corrected chi connectivity index (χ2v) is 8.71. The summed E-state index contributed by atoms with van der Waals surface area (Å²) in [5, 5.41) is 22.6. The van der Waals surface area contributed by atoms with Crippen LogP contribution in [-0.4, -0.2) is 16.7 Å². The minimum absolute atomic E-state index is 0.0508. The van der Waals surface area contributed by atoms with E-state index < -0.39 is 5.92 Å². The summed E-state index contributed by atoms with van der Waals surface area (Å²) in [5.74, 6) is -0.0591. The summed E-state index contributed by atoms with van der Waals surface area (Å²) in [7, 11) is 0. The number of aliphatic hydroxyl groups excluding tert-OH is 1. The number of benzene rings is 2. The van der Waals surface area contributed by atoms with Gasteiger partial charge in [0.15, 0.2) is 5.78 Å². The van der Waals surface area contributed by atoms with Crippen LogP contribution in [0.25, 0.3) is 5.76 Å². The van der Waals surface area contributed by atoms with Crippen molar-refractivity contribution in [2.75, 3.05) is 4.90 Å². The van der Waals surface area contributed by atoms with Crippen LogP contribution in [0.5, 0.6) is 0 Å². The van der Waals surface area contributed by atoms with E-state index in [1.54, 1.807) is 11.3 Å². The van der Waals surface area contributed by atoms with Gasteiger partial charge in [0.1, 0.15) is 11.6 Å². The lowest BCUT2D eigenvalue weighted by molar-refractivity contribution is -0.116. The van der Waals surface area contributed by atoms with Gasteiger partial charge in [-0.25, -0.2) is 0 Å². The van der Waals surface area contributed by atoms with Gasteiger partial charge in [-0.3, -0.25) is 15.1 Å². The second kappa shape index (κ2) is 8.00. The van der Waals surface area contributed by atoms with Crippen LogP contribution < -0.4 is 4.90 Å². The predicted octanol–water partition coefficient (Wildman–Crippen LogP) is 6.31. The molecular formula is C26H22N2O2S. The number of carbonyl (C=O) groups is 1. The van der Waals surface area contributed by atoms with Crippen molar-refractivity contribution in [3.63, 3.8) is 0 Å². The zero-order valence-electron chi connectivity index (χ0n) is 16.9. The maximum Gasteiger partial charge on any atom is 0.161 e. The summed E-state index contributed by atoms with van der Waals surface area (Å²) in [6, 6.07) is 22.9. The average Bonchev–Trinajstić information content (AvgIpc) is 3.34. The van der Waals surface area contributed by atoms with Gasteiger partial charge in [0.2, 0.25) is 0 Å².